The summed E-state index contributed by atoms with van der Waals surface area (Å²) >= 11 is 10.0. The van der Waals surface area contributed by atoms with Crippen molar-refractivity contribution >= 4 is 44.7 Å². The number of rotatable bonds is 2. The van der Waals surface area contributed by atoms with E-state index >= 15 is 0 Å². The van der Waals surface area contributed by atoms with Crippen molar-refractivity contribution in [3.63, 3.8) is 0 Å². The summed E-state index contributed by atoms with van der Waals surface area (Å²) in [5.41, 5.74) is 0.0426. The van der Waals surface area contributed by atoms with E-state index in [1.54, 1.807) is 18.2 Å². The van der Waals surface area contributed by atoms with Gasteiger partial charge in [0.05, 0.1) is 14.8 Å². The van der Waals surface area contributed by atoms with Crippen molar-refractivity contribution in [2.24, 2.45) is 0 Å². The Labute approximate surface area is 109 Å². The minimum atomic E-state index is -0.538. The van der Waals surface area contributed by atoms with E-state index < -0.39 is 5.82 Å². The van der Waals surface area contributed by atoms with E-state index in [0.717, 1.165) is 11.3 Å². The first-order chi connectivity index (χ1) is 7.59. The van der Waals surface area contributed by atoms with Crippen LogP contribution in [-0.4, -0.2) is 5.78 Å². The normalized spacial score (nSPS) is 10.4. The number of benzene rings is 1. The third-order valence-electron chi connectivity index (χ3n) is 1.99. The first kappa shape index (κ1) is 11.8. The lowest BCUT2D eigenvalue weighted by atomic mass is 10.1. The zero-order chi connectivity index (χ0) is 11.7. The van der Waals surface area contributed by atoms with Crippen molar-refractivity contribution in [1.29, 1.82) is 0 Å². The maximum Gasteiger partial charge on any atom is 0.207 e. The van der Waals surface area contributed by atoms with E-state index in [1.807, 2.05) is 0 Å². The van der Waals surface area contributed by atoms with Gasteiger partial charge in [-0.05, 0) is 40.2 Å². The summed E-state index contributed by atoms with van der Waals surface area (Å²) in [5, 5.41) is 0. The van der Waals surface area contributed by atoms with Crippen LogP contribution in [-0.2, 0) is 0 Å². The summed E-state index contributed by atoms with van der Waals surface area (Å²) in [6.45, 7) is 0. The smallest absolute Gasteiger partial charge is 0.207 e. The molecule has 2 aromatic rings. The van der Waals surface area contributed by atoms with E-state index in [2.05, 4.69) is 15.9 Å². The Morgan fingerprint density at radius 2 is 2.06 bits per heavy atom. The average Bonchev–Trinajstić information content (AvgIpc) is 2.64. The van der Waals surface area contributed by atoms with Crippen molar-refractivity contribution in [3.8, 4) is 0 Å². The van der Waals surface area contributed by atoms with Crippen LogP contribution in [0.5, 0.6) is 0 Å². The van der Waals surface area contributed by atoms with E-state index in [0.29, 0.717) is 13.7 Å². The van der Waals surface area contributed by atoms with Crippen LogP contribution in [0.3, 0.4) is 0 Å². The quantitative estimate of drug-likeness (QED) is 0.743. The molecule has 0 unspecified atom stereocenters. The summed E-state index contributed by atoms with van der Waals surface area (Å²) in [5.74, 6) is -0.897. The van der Waals surface area contributed by atoms with Crippen LogP contribution in [0, 0.1) is 5.82 Å². The Morgan fingerprint density at radius 1 is 1.31 bits per heavy atom. The monoisotopic (exact) mass is 318 g/mol. The number of hydrogen-bond acceptors (Lipinski definition) is 2. The SMILES string of the molecule is O=C(c1ccc(Cl)s1)c1c(F)cccc1Br. The van der Waals surface area contributed by atoms with Gasteiger partial charge >= 0.3 is 0 Å². The molecule has 0 N–H and O–H groups in total. The Kier molecular flexibility index (Phi) is 3.42. The van der Waals surface area contributed by atoms with Gasteiger partial charge < -0.3 is 0 Å². The standard InChI is InChI=1S/C11H5BrClFOS/c12-6-2-1-3-7(14)10(6)11(15)8-4-5-9(13)16-8/h1-5H. The number of ketones is 1. The number of halogens is 3. The van der Waals surface area contributed by atoms with Gasteiger partial charge in [-0.2, -0.15) is 0 Å². The Hall–Kier alpha value is -0.710. The molecule has 1 aromatic carbocycles. The molecule has 0 aliphatic rings. The Morgan fingerprint density at radius 3 is 2.62 bits per heavy atom. The molecule has 0 fully saturated rings. The van der Waals surface area contributed by atoms with Crippen LogP contribution in [0.4, 0.5) is 4.39 Å². The molecule has 5 heteroatoms. The summed E-state index contributed by atoms with van der Waals surface area (Å²) < 4.78 is 14.5. The van der Waals surface area contributed by atoms with Gasteiger partial charge in [0.1, 0.15) is 5.82 Å². The van der Waals surface area contributed by atoms with E-state index in [1.165, 1.54) is 12.1 Å². The highest BCUT2D eigenvalue weighted by molar-refractivity contribution is 9.10. The minimum absolute atomic E-state index is 0.0426. The largest absolute Gasteiger partial charge is 0.288 e. The number of thiophene rings is 1. The van der Waals surface area contributed by atoms with Crippen LogP contribution in [0.2, 0.25) is 4.34 Å². The highest BCUT2D eigenvalue weighted by Gasteiger charge is 2.18. The Bertz CT molecular complexity index is 532. The molecule has 0 radical (unpaired) electrons. The molecule has 0 aliphatic heterocycles. The second-order valence-corrected chi connectivity index (χ2v) is 5.60. The van der Waals surface area contributed by atoms with Crippen molar-refractivity contribution in [2.75, 3.05) is 0 Å². The lowest BCUT2D eigenvalue weighted by molar-refractivity contribution is 0.103. The van der Waals surface area contributed by atoms with Crippen LogP contribution >= 0.6 is 38.9 Å². The molecule has 82 valence electrons. The predicted molar refractivity (Wildman–Crippen MR) is 66.9 cm³/mol. The maximum atomic E-state index is 13.5. The van der Waals surface area contributed by atoms with Gasteiger partial charge in [-0.25, -0.2) is 4.39 Å². The molecule has 0 bridgehead atoms. The molecule has 1 aromatic heterocycles. The summed E-state index contributed by atoms with van der Waals surface area (Å²) in [4.78, 5) is 12.4. The molecule has 16 heavy (non-hydrogen) atoms. The molecular formula is C11H5BrClFOS. The summed E-state index contributed by atoms with van der Waals surface area (Å²) in [6.07, 6.45) is 0. The maximum absolute atomic E-state index is 13.5. The zero-order valence-corrected chi connectivity index (χ0v) is 11.0. The number of hydrogen-bond donors (Lipinski definition) is 0. The zero-order valence-electron chi connectivity index (χ0n) is 7.84. The summed E-state index contributed by atoms with van der Waals surface area (Å²) in [7, 11) is 0. The van der Waals surface area contributed by atoms with Crippen LogP contribution in [0.25, 0.3) is 0 Å². The molecule has 2 rings (SSSR count). The van der Waals surface area contributed by atoms with Gasteiger partial charge in [0.2, 0.25) is 5.78 Å². The topological polar surface area (TPSA) is 17.1 Å². The lowest BCUT2D eigenvalue weighted by Crippen LogP contribution is -2.03. The second-order valence-electron chi connectivity index (χ2n) is 3.03. The van der Waals surface area contributed by atoms with Crippen molar-refractivity contribution < 1.29 is 9.18 Å². The summed E-state index contributed by atoms with van der Waals surface area (Å²) in [6, 6.07) is 7.64. The van der Waals surface area contributed by atoms with Gasteiger partial charge in [0.25, 0.3) is 0 Å². The van der Waals surface area contributed by atoms with Crippen molar-refractivity contribution in [1.82, 2.24) is 0 Å². The van der Waals surface area contributed by atoms with E-state index in [9.17, 15) is 9.18 Å². The molecule has 0 spiro atoms. The van der Waals surface area contributed by atoms with Gasteiger partial charge in [-0.1, -0.05) is 17.7 Å². The van der Waals surface area contributed by atoms with E-state index in [-0.39, 0.29) is 11.3 Å². The molecule has 1 heterocycles. The highest BCUT2D eigenvalue weighted by atomic mass is 79.9. The number of carbonyl (C=O) groups is 1. The van der Waals surface area contributed by atoms with Gasteiger partial charge in [0, 0.05) is 4.47 Å². The molecule has 0 atom stereocenters. The van der Waals surface area contributed by atoms with Gasteiger partial charge in [-0.15, -0.1) is 11.3 Å². The molecule has 0 aliphatic carbocycles. The fraction of sp³-hybridized carbons (Fsp3) is 0. The first-order valence-corrected chi connectivity index (χ1v) is 6.32. The molecule has 1 nitrogen and oxygen atoms in total. The van der Waals surface area contributed by atoms with E-state index in [4.69, 9.17) is 11.6 Å². The average molecular weight is 320 g/mol. The first-order valence-electron chi connectivity index (χ1n) is 4.33. The molecule has 0 saturated heterocycles. The molecule has 0 amide bonds. The van der Waals surface area contributed by atoms with Crippen molar-refractivity contribution in [3.05, 3.63) is 55.4 Å². The third-order valence-corrected chi connectivity index (χ3v) is 3.88. The molecular weight excluding hydrogens is 315 g/mol. The molecule has 0 saturated carbocycles. The fourth-order valence-electron chi connectivity index (χ4n) is 1.27. The van der Waals surface area contributed by atoms with Crippen LogP contribution in [0.15, 0.2) is 34.8 Å². The van der Waals surface area contributed by atoms with Gasteiger partial charge in [0.15, 0.2) is 0 Å². The van der Waals surface area contributed by atoms with Crippen LogP contribution < -0.4 is 0 Å². The predicted octanol–water partition coefficient (Wildman–Crippen LogP) is 4.53. The second kappa shape index (κ2) is 4.65. The fourth-order valence-corrected chi connectivity index (χ4v) is 2.79. The Balaban J connectivity index is 2.49. The number of carbonyl (C=O) groups excluding carboxylic acids is 1. The minimum Gasteiger partial charge on any atom is -0.288 e. The lowest BCUT2D eigenvalue weighted by Gasteiger charge is -2.02. The van der Waals surface area contributed by atoms with Crippen molar-refractivity contribution in [2.45, 2.75) is 0 Å². The van der Waals surface area contributed by atoms with Crippen LogP contribution in [0.1, 0.15) is 15.2 Å². The highest BCUT2D eigenvalue weighted by Crippen LogP contribution is 2.28. The van der Waals surface area contributed by atoms with Gasteiger partial charge in [-0.3, -0.25) is 4.79 Å². The third kappa shape index (κ3) is 2.19.